The van der Waals surface area contributed by atoms with Gasteiger partial charge in [-0.25, -0.2) is 0 Å². The van der Waals surface area contributed by atoms with E-state index in [2.05, 4.69) is 4.74 Å². The Balaban J connectivity index is 1.77. The highest BCUT2D eigenvalue weighted by Crippen LogP contribution is 2.83. The van der Waals surface area contributed by atoms with Crippen molar-refractivity contribution in [3.63, 3.8) is 0 Å². The Labute approximate surface area is 156 Å². The van der Waals surface area contributed by atoms with Gasteiger partial charge in [-0.05, 0) is 36.0 Å². The maximum atomic E-state index is 13.7. The number of halogens is 11. The highest BCUT2D eigenvalue weighted by atomic mass is 19.4. The molecule has 0 heterocycles. The van der Waals surface area contributed by atoms with E-state index in [1.54, 1.807) is 13.8 Å². The second-order valence-electron chi connectivity index (χ2n) is 8.11. The lowest BCUT2D eigenvalue weighted by atomic mass is 9.90. The van der Waals surface area contributed by atoms with Crippen molar-refractivity contribution in [3.05, 3.63) is 0 Å². The maximum absolute atomic E-state index is 13.7. The summed E-state index contributed by atoms with van der Waals surface area (Å²) in [4.78, 5) is 12.3. The molecule has 0 radical (unpaired) electrons. The summed E-state index contributed by atoms with van der Waals surface area (Å²) in [6, 6.07) is 0. The molecule has 4 fully saturated rings. The first kappa shape index (κ1) is 22.4. The van der Waals surface area contributed by atoms with Crippen LogP contribution in [-0.2, 0) is 9.53 Å². The first-order chi connectivity index (χ1) is 12.8. The molecule has 4 saturated carbocycles. The van der Waals surface area contributed by atoms with Gasteiger partial charge < -0.3 is 4.74 Å². The standard InChI is InChI=1S/C16H15F11O2/c1-5-7-3-8-9(5)12(8,6(7)2)10(28)29-4-11(17,18)13(19,20)14(21,22)15(23,24)16(25,26)27/h5-9H,3-4H2,1-2H3. The van der Waals surface area contributed by atoms with Crippen LogP contribution >= 0.6 is 0 Å². The minimum atomic E-state index is -7.49. The van der Waals surface area contributed by atoms with Gasteiger partial charge in [0.2, 0.25) is 0 Å². The summed E-state index contributed by atoms with van der Waals surface area (Å²) >= 11 is 0. The van der Waals surface area contributed by atoms with Gasteiger partial charge in [-0.1, -0.05) is 13.8 Å². The molecule has 4 aliphatic rings. The SMILES string of the molecule is CC1C2CC3C1C3(C(=O)OCC(F)(F)C(F)(F)C(F)(F)C(F)(F)C(F)(F)F)C2C. The van der Waals surface area contributed by atoms with Crippen molar-refractivity contribution in [2.75, 3.05) is 6.61 Å². The van der Waals surface area contributed by atoms with Gasteiger partial charge >= 0.3 is 35.8 Å². The molecule has 0 saturated heterocycles. The fourth-order valence-electron chi connectivity index (χ4n) is 5.53. The monoisotopic (exact) mass is 448 g/mol. The number of alkyl halides is 11. The normalized spacial score (nSPS) is 37.1. The Morgan fingerprint density at radius 2 is 1.41 bits per heavy atom. The number of carbonyl (C=O) groups excluding carboxylic acids is 1. The average Bonchev–Trinajstić information content (AvgIpc) is 2.86. The number of rotatable bonds is 6. The van der Waals surface area contributed by atoms with Crippen molar-refractivity contribution >= 4 is 5.97 Å². The number of carbonyl (C=O) groups is 1. The lowest BCUT2D eigenvalue weighted by Crippen LogP contribution is -2.67. The highest BCUT2D eigenvalue weighted by Gasteiger charge is 2.88. The van der Waals surface area contributed by atoms with Gasteiger partial charge in [-0.3, -0.25) is 4.79 Å². The fraction of sp³-hybridized carbons (Fsp3) is 0.938. The van der Waals surface area contributed by atoms with Gasteiger partial charge in [0.05, 0.1) is 5.41 Å². The Hall–Kier alpha value is -1.30. The molecular weight excluding hydrogens is 433 g/mol. The minimum Gasteiger partial charge on any atom is -0.459 e. The number of ether oxygens (including phenoxy) is 1. The minimum absolute atomic E-state index is 0.0271. The molecule has 0 aromatic rings. The quantitative estimate of drug-likeness (QED) is 0.414. The molecule has 29 heavy (non-hydrogen) atoms. The van der Waals surface area contributed by atoms with Crippen LogP contribution in [0.5, 0.6) is 0 Å². The van der Waals surface area contributed by atoms with Crippen LogP contribution in [0, 0.1) is 35.0 Å². The topological polar surface area (TPSA) is 26.3 Å². The average molecular weight is 448 g/mol. The highest BCUT2D eigenvalue weighted by molar-refractivity contribution is 5.84. The van der Waals surface area contributed by atoms with Crippen molar-refractivity contribution in [1.29, 1.82) is 0 Å². The number of esters is 1. The summed E-state index contributed by atoms with van der Waals surface area (Å²) < 4.78 is 147. The molecule has 6 atom stereocenters. The smallest absolute Gasteiger partial charge is 0.459 e. The van der Waals surface area contributed by atoms with Crippen LogP contribution in [0.3, 0.4) is 0 Å². The van der Waals surface area contributed by atoms with Gasteiger partial charge in [0.1, 0.15) is 0 Å². The summed E-state index contributed by atoms with van der Waals surface area (Å²) in [6.07, 6.45) is -6.65. The van der Waals surface area contributed by atoms with Crippen molar-refractivity contribution in [3.8, 4) is 0 Å². The molecule has 168 valence electrons. The van der Waals surface area contributed by atoms with Gasteiger partial charge in [-0.15, -0.1) is 0 Å². The molecule has 0 N–H and O–H groups in total. The fourth-order valence-corrected chi connectivity index (χ4v) is 5.53. The van der Waals surface area contributed by atoms with E-state index in [0.29, 0.717) is 6.42 Å². The molecule has 0 aromatic carbocycles. The number of hydrogen-bond acceptors (Lipinski definition) is 2. The molecule has 4 bridgehead atoms. The van der Waals surface area contributed by atoms with Crippen molar-refractivity contribution in [2.45, 2.75) is 50.1 Å². The first-order valence-electron chi connectivity index (χ1n) is 8.55. The van der Waals surface area contributed by atoms with Crippen LogP contribution in [0.4, 0.5) is 48.3 Å². The van der Waals surface area contributed by atoms with Crippen LogP contribution in [0.2, 0.25) is 0 Å². The van der Waals surface area contributed by atoms with Crippen molar-refractivity contribution in [1.82, 2.24) is 0 Å². The molecule has 2 nitrogen and oxygen atoms in total. The molecule has 4 rings (SSSR count). The third kappa shape index (κ3) is 2.38. The van der Waals surface area contributed by atoms with E-state index in [4.69, 9.17) is 0 Å². The zero-order valence-electron chi connectivity index (χ0n) is 14.8. The van der Waals surface area contributed by atoms with Gasteiger partial charge in [-0.2, -0.15) is 48.3 Å². The summed E-state index contributed by atoms with van der Waals surface area (Å²) in [5, 5.41) is 0. The maximum Gasteiger partial charge on any atom is 0.460 e. The molecule has 0 spiro atoms. The molecule has 0 aromatic heterocycles. The lowest BCUT2D eigenvalue weighted by molar-refractivity contribution is -0.424. The second-order valence-corrected chi connectivity index (χ2v) is 8.11. The lowest BCUT2D eigenvalue weighted by Gasteiger charge is -2.37. The van der Waals surface area contributed by atoms with E-state index in [1.165, 1.54) is 0 Å². The molecule has 4 aliphatic carbocycles. The van der Waals surface area contributed by atoms with Crippen LogP contribution in [0.15, 0.2) is 0 Å². The largest absolute Gasteiger partial charge is 0.460 e. The Morgan fingerprint density at radius 1 is 0.897 bits per heavy atom. The van der Waals surface area contributed by atoms with E-state index < -0.39 is 47.9 Å². The van der Waals surface area contributed by atoms with Crippen LogP contribution in [0.25, 0.3) is 0 Å². The predicted octanol–water partition coefficient (Wildman–Crippen LogP) is 5.17. The van der Waals surface area contributed by atoms with E-state index in [-0.39, 0.29) is 29.6 Å². The zero-order valence-corrected chi connectivity index (χ0v) is 14.8. The van der Waals surface area contributed by atoms with Crippen molar-refractivity contribution in [2.24, 2.45) is 35.0 Å². The van der Waals surface area contributed by atoms with Crippen LogP contribution < -0.4 is 0 Å². The van der Waals surface area contributed by atoms with E-state index in [0.717, 1.165) is 0 Å². The molecule has 0 amide bonds. The molecule has 13 heteroatoms. The summed E-state index contributed by atoms with van der Waals surface area (Å²) in [5.74, 6) is -30.4. The number of hydrogen-bond donors (Lipinski definition) is 0. The Morgan fingerprint density at radius 3 is 1.76 bits per heavy atom. The van der Waals surface area contributed by atoms with Gasteiger partial charge in [0, 0.05) is 0 Å². The van der Waals surface area contributed by atoms with Crippen LogP contribution in [0.1, 0.15) is 20.3 Å². The summed E-state index contributed by atoms with van der Waals surface area (Å²) in [5.41, 5.74) is -1.23. The van der Waals surface area contributed by atoms with Crippen molar-refractivity contribution < 1.29 is 57.8 Å². The van der Waals surface area contributed by atoms with E-state index in [1.807, 2.05) is 0 Å². The Bertz CT molecular complexity index is 712. The molecular formula is C16H15F11O2. The third-order valence-electron chi connectivity index (χ3n) is 7.00. The Kier molecular flexibility index (Phi) is 4.39. The van der Waals surface area contributed by atoms with E-state index >= 15 is 0 Å². The predicted molar refractivity (Wildman–Crippen MR) is 72.7 cm³/mol. The molecule has 0 aliphatic heterocycles. The second kappa shape index (κ2) is 5.68. The first-order valence-corrected chi connectivity index (χ1v) is 8.55. The third-order valence-corrected chi connectivity index (χ3v) is 7.00. The summed E-state index contributed by atoms with van der Waals surface area (Å²) in [7, 11) is 0. The van der Waals surface area contributed by atoms with Crippen LogP contribution in [-0.4, -0.2) is 42.4 Å². The van der Waals surface area contributed by atoms with Gasteiger partial charge in [0.15, 0.2) is 6.61 Å². The molecule has 6 unspecified atom stereocenters. The van der Waals surface area contributed by atoms with Gasteiger partial charge in [0.25, 0.3) is 0 Å². The van der Waals surface area contributed by atoms with E-state index in [9.17, 15) is 53.1 Å². The summed E-state index contributed by atoms with van der Waals surface area (Å²) in [6.45, 7) is 0.673. The zero-order chi connectivity index (χ0) is 22.6.